The van der Waals surface area contributed by atoms with Gasteiger partial charge in [-0.1, -0.05) is 6.07 Å². The van der Waals surface area contributed by atoms with E-state index in [0.29, 0.717) is 51.0 Å². The summed E-state index contributed by atoms with van der Waals surface area (Å²) >= 11 is 1.56. The van der Waals surface area contributed by atoms with E-state index in [2.05, 4.69) is 20.6 Å². The molecule has 10 heteroatoms. The average Bonchev–Trinajstić information content (AvgIpc) is 3.15. The highest BCUT2D eigenvalue weighted by molar-refractivity contribution is 7.11. The van der Waals surface area contributed by atoms with Crippen molar-refractivity contribution >= 4 is 23.0 Å². The van der Waals surface area contributed by atoms with E-state index in [1.165, 1.54) is 12.1 Å². The number of nitrogens with one attached hydrogen (secondary N) is 2. The highest BCUT2D eigenvalue weighted by Crippen LogP contribution is 2.35. The van der Waals surface area contributed by atoms with E-state index in [0.717, 1.165) is 9.88 Å². The zero-order valence-electron chi connectivity index (χ0n) is 17.1. The van der Waals surface area contributed by atoms with E-state index in [9.17, 15) is 13.2 Å². The summed E-state index contributed by atoms with van der Waals surface area (Å²) in [7, 11) is 0. The molecule has 1 fully saturated rings. The molecular weight excluding hydrogens is 415 g/mol. The largest absolute Gasteiger partial charge is 0.416 e. The maximum Gasteiger partial charge on any atom is 0.416 e. The van der Waals surface area contributed by atoms with Crippen LogP contribution in [0.25, 0.3) is 0 Å². The lowest BCUT2D eigenvalue weighted by Crippen LogP contribution is -2.37. The van der Waals surface area contributed by atoms with Crippen molar-refractivity contribution < 1.29 is 17.9 Å². The molecule has 1 aromatic heterocycles. The van der Waals surface area contributed by atoms with Crippen LogP contribution < -0.4 is 15.5 Å². The molecule has 2 N–H and O–H groups in total. The predicted octanol–water partition coefficient (Wildman–Crippen LogP) is 3.56. The number of anilines is 1. The SMILES string of the molecule is CCNC(=NCc1ccc(N2CCOCC2)cc1C(F)(F)F)NCc1ncc(C)s1. The van der Waals surface area contributed by atoms with Crippen LogP contribution in [-0.2, 0) is 24.0 Å². The second kappa shape index (κ2) is 10.1. The van der Waals surface area contributed by atoms with Crippen LogP contribution in [0, 0.1) is 6.92 Å². The number of aliphatic imine (C=N–C) groups is 1. The summed E-state index contributed by atoms with van der Waals surface area (Å²) in [6, 6.07) is 4.46. The van der Waals surface area contributed by atoms with Gasteiger partial charge < -0.3 is 20.3 Å². The maximum absolute atomic E-state index is 13.7. The quantitative estimate of drug-likeness (QED) is 0.530. The number of aryl methyl sites for hydroxylation is 1. The van der Waals surface area contributed by atoms with Gasteiger partial charge in [-0.3, -0.25) is 0 Å². The Morgan fingerprint density at radius 3 is 2.67 bits per heavy atom. The van der Waals surface area contributed by atoms with Crippen molar-refractivity contribution in [2.45, 2.75) is 33.1 Å². The summed E-state index contributed by atoms with van der Waals surface area (Å²) in [5.41, 5.74) is 0.0472. The summed E-state index contributed by atoms with van der Waals surface area (Å²) < 4.78 is 46.4. The molecule has 1 aromatic carbocycles. The first-order valence-corrected chi connectivity index (χ1v) is 10.6. The summed E-state index contributed by atoms with van der Waals surface area (Å²) in [4.78, 5) is 11.6. The lowest BCUT2D eigenvalue weighted by Gasteiger charge is -2.29. The lowest BCUT2D eigenvalue weighted by molar-refractivity contribution is -0.138. The van der Waals surface area contributed by atoms with Gasteiger partial charge in [0.25, 0.3) is 0 Å². The Labute approximate surface area is 178 Å². The Balaban J connectivity index is 1.76. The Morgan fingerprint density at radius 1 is 1.27 bits per heavy atom. The Bertz CT molecular complexity index is 862. The highest BCUT2D eigenvalue weighted by atomic mass is 32.1. The first-order valence-electron chi connectivity index (χ1n) is 9.83. The fourth-order valence-corrected chi connectivity index (χ4v) is 3.86. The van der Waals surface area contributed by atoms with Gasteiger partial charge in [0.05, 0.1) is 31.9 Å². The number of ether oxygens (including phenoxy) is 1. The number of guanidine groups is 1. The first kappa shape index (κ1) is 22.4. The minimum Gasteiger partial charge on any atom is -0.378 e. The van der Waals surface area contributed by atoms with Gasteiger partial charge >= 0.3 is 6.18 Å². The number of nitrogens with zero attached hydrogens (tertiary/aromatic N) is 3. The van der Waals surface area contributed by atoms with Gasteiger partial charge in [-0.25, -0.2) is 9.98 Å². The molecule has 6 nitrogen and oxygen atoms in total. The minimum absolute atomic E-state index is 0.0789. The zero-order chi connectivity index (χ0) is 21.6. The normalized spacial score (nSPS) is 15.4. The van der Waals surface area contributed by atoms with Crippen LogP contribution in [0.2, 0.25) is 0 Å². The van der Waals surface area contributed by atoms with E-state index < -0.39 is 11.7 Å². The molecular formula is C20H26F3N5OS. The van der Waals surface area contributed by atoms with Crippen LogP contribution in [-0.4, -0.2) is 43.8 Å². The number of hydrogen-bond donors (Lipinski definition) is 2. The van der Waals surface area contributed by atoms with Gasteiger partial charge in [-0.2, -0.15) is 13.2 Å². The van der Waals surface area contributed by atoms with Crippen molar-refractivity contribution in [1.82, 2.24) is 15.6 Å². The number of aromatic nitrogens is 1. The van der Waals surface area contributed by atoms with E-state index >= 15 is 0 Å². The molecule has 0 aliphatic carbocycles. The molecule has 3 rings (SSSR count). The van der Waals surface area contributed by atoms with E-state index in [4.69, 9.17) is 4.74 Å². The number of hydrogen-bond acceptors (Lipinski definition) is 5. The molecule has 2 aromatic rings. The highest BCUT2D eigenvalue weighted by Gasteiger charge is 2.34. The molecule has 0 spiro atoms. The number of thiazole rings is 1. The third kappa shape index (κ3) is 6.09. The van der Waals surface area contributed by atoms with Gasteiger partial charge in [0.15, 0.2) is 5.96 Å². The third-order valence-electron chi connectivity index (χ3n) is 4.60. The molecule has 1 aliphatic heterocycles. The first-order chi connectivity index (χ1) is 14.4. The van der Waals surface area contributed by atoms with Crippen LogP contribution in [0.15, 0.2) is 29.4 Å². The van der Waals surface area contributed by atoms with Crippen molar-refractivity contribution in [3.8, 4) is 0 Å². The third-order valence-corrected chi connectivity index (χ3v) is 5.52. The molecule has 1 aliphatic rings. The Kier molecular flexibility index (Phi) is 7.54. The fraction of sp³-hybridized carbons (Fsp3) is 0.500. The van der Waals surface area contributed by atoms with E-state index in [-0.39, 0.29) is 12.1 Å². The molecule has 0 bridgehead atoms. The molecule has 0 saturated carbocycles. The van der Waals surface area contributed by atoms with E-state index in [1.54, 1.807) is 23.6 Å². The number of benzene rings is 1. The molecule has 30 heavy (non-hydrogen) atoms. The molecule has 164 valence electrons. The second-order valence-electron chi connectivity index (χ2n) is 6.85. The molecule has 2 heterocycles. The van der Waals surface area contributed by atoms with Crippen LogP contribution >= 0.6 is 11.3 Å². The van der Waals surface area contributed by atoms with Crippen LogP contribution in [0.1, 0.15) is 27.9 Å². The van der Waals surface area contributed by atoms with Gasteiger partial charge in [0, 0.05) is 36.4 Å². The predicted molar refractivity (Wildman–Crippen MR) is 113 cm³/mol. The Morgan fingerprint density at radius 2 is 2.03 bits per heavy atom. The second-order valence-corrected chi connectivity index (χ2v) is 8.17. The molecule has 0 unspecified atom stereocenters. The standard InChI is InChI=1S/C20H26F3N5OS/c1-3-24-19(27-13-18-25-11-14(2)30-18)26-12-15-4-5-16(10-17(15)20(21,22)23)28-6-8-29-9-7-28/h4-5,10-11H,3,6-9,12-13H2,1-2H3,(H2,24,26,27). The Hall–Kier alpha value is -2.33. The average molecular weight is 442 g/mol. The zero-order valence-corrected chi connectivity index (χ0v) is 17.9. The minimum atomic E-state index is -4.45. The van der Waals surface area contributed by atoms with Crippen molar-refractivity contribution in [3.05, 3.63) is 45.4 Å². The van der Waals surface area contributed by atoms with Crippen LogP contribution in [0.5, 0.6) is 0 Å². The summed E-state index contributed by atoms with van der Waals surface area (Å²) in [5.74, 6) is 0.454. The fourth-order valence-electron chi connectivity index (χ4n) is 3.13. The topological polar surface area (TPSA) is 61.8 Å². The molecule has 1 saturated heterocycles. The number of alkyl halides is 3. The van der Waals surface area contributed by atoms with Crippen molar-refractivity contribution in [2.24, 2.45) is 4.99 Å². The molecule has 0 radical (unpaired) electrons. The maximum atomic E-state index is 13.7. The van der Waals surface area contributed by atoms with Crippen molar-refractivity contribution in [3.63, 3.8) is 0 Å². The number of halogens is 3. The monoisotopic (exact) mass is 441 g/mol. The molecule has 0 amide bonds. The van der Waals surface area contributed by atoms with Gasteiger partial charge in [0.2, 0.25) is 0 Å². The number of rotatable bonds is 6. The van der Waals surface area contributed by atoms with E-state index in [1.807, 2.05) is 18.7 Å². The summed E-state index contributed by atoms with van der Waals surface area (Å²) in [6.07, 6.45) is -2.66. The number of morpholine rings is 1. The van der Waals surface area contributed by atoms with Crippen molar-refractivity contribution in [1.29, 1.82) is 0 Å². The van der Waals surface area contributed by atoms with Crippen molar-refractivity contribution in [2.75, 3.05) is 37.7 Å². The lowest BCUT2D eigenvalue weighted by atomic mass is 10.1. The van der Waals surface area contributed by atoms with Crippen LogP contribution in [0.3, 0.4) is 0 Å². The van der Waals surface area contributed by atoms with Gasteiger partial charge in [-0.05, 0) is 31.5 Å². The smallest absolute Gasteiger partial charge is 0.378 e. The summed E-state index contributed by atoms with van der Waals surface area (Å²) in [6.45, 7) is 7.07. The van der Waals surface area contributed by atoms with Gasteiger partial charge in [-0.15, -0.1) is 11.3 Å². The molecule has 0 atom stereocenters. The van der Waals surface area contributed by atoms with Gasteiger partial charge in [0.1, 0.15) is 5.01 Å². The van der Waals surface area contributed by atoms with Crippen LogP contribution in [0.4, 0.5) is 18.9 Å². The summed E-state index contributed by atoms with van der Waals surface area (Å²) in [5, 5.41) is 7.08.